The minimum absolute atomic E-state index is 0.179. The van der Waals surface area contributed by atoms with Crippen molar-refractivity contribution in [2.75, 3.05) is 0 Å². The van der Waals surface area contributed by atoms with E-state index in [-0.39, 0.29) is 18.0 Å². The number of nitrogens with zero attached hydrogens (tertiary/aromatic N) is 4. The summed E-state index contributed by atoms with van der Waals surface area (Å²) in [6.45, 7) is 3.37. The Hall–Kier alpha value is -3.43. The molecule has 3 aromatic rings. The number of alkyl halides is 3. The molecule has 1 amide bonds. The maximum atomic E-state index is 13.0. The van der Waals surface area contributed by atoms with Crippen LogP contribution in [-0.4, -0.2) is 31.0 Å². The van der Waals surface area contributed by atoms with Crippen LogP contribution in [0.15, 0.2) is 52.1 Å². The predicted molar refractivity (Wildman–Crippen MR) is 108 cm³/mol. The summed E-state index contributed by atoms with van der Waals surface area (Å²) in [5, 5.41) is -0.179. The van der Waals surface area contributed by atoms with Gasteiger partial charge in [-0.15, -0.1) is 0 Å². The highest BCUT2D eigenvalue weighted by atomic mass is 19.4. The van der Waals surface area contributed by atoms with Gasteiger partial charge < -0.3 is 4.90 Å². The second-order valence-corrected chi connectivity index (χ2v) is 7.40. The van der Waals surface area contributed by atoms with Crippen molar-refractivity contribution >= 4 is 16.9 Å². The van der Waals surface area contributed by atoms with Crippen LogP contribution in [0.5, 0.6) is 0 Å². The van der Waals surface area contributed by atoms with Crippen molar-refractivity contribution in [1.29, 1.82) is 0 Å². The Morgan fingerprint density at radius 3 is 2.32 bits per heavy atom. The molecule has 0 fully saturated rings. The Labute approximate surface area is 175 Å². The number of fused-ring (bicyclic) bond motifs is 1. The van der Waals surface area contributed by atoms with Gasteiger partial charge in [-0.05, 0) is 31.5 Å². The van der Waals surface area contributed by atoms with E-state index >= 15 is 0 Å². The summed E-state index contributed by atoms with van der Waals surface area (Å²) in [5.41, 5.74) is -2.50. The van der Waals surface area contributed by atoms with Gasteiger partial charge in [-0.2, -0.15) is 13.2 Å². The van der Waals surface area contributed by atoms with Crippen LogP contribution in [0.1, 0.15) is 25.1 Å². The van der Waals surface area contributed by atoms with Crippen molar-refractivity contribution < 1.29 is 18.0 Å². The smallest absolute Gasteiger partial charge is 0.334 e. The highest BCUT2D eigenvalue weighted by molar-refractivity contribution is 5.78. The summed E-state index contributed by atoms with van der Waals surface area (Å²) < 4.78 is 40.4. The van der Waals surface area contributed by atoms with E-state index in [2.05, 4.69) is 4.98 Å². The number of hydrogen-bond acceptors (Lipinski definition) is 4. The lowest BCUT2D eigenvalue weighted by molar-refractivity contribution is -0.141. The van der Waals surface area contributed by atoms with Gasteiger partial charge in [0, 0.05) is 19.6 Å². The van der Waals surface area contributed by atoms with E-state index in [0.717, 1.165) is 20.8 Å². The average molecular weight is 434 g/mol. The van der Waals surface area contributed by atoms with Crippen molar-refractivity contribution in [3.8, 4) is 0 Å². The van der Waals surface area contributed by atoms with E-state index in [1.807, 2.05) is 44.2 Å². The van der Waals surface area contributed by atoms with E-state index in [9.17, 15) is 27.6 Å². The van der Waals surface area contributed by atoms with Crippen LogP contribution in [0.25, 0.3) is 11.0 Å². The summed E-state index contributed by atoms with van der Waals surface area (Å²) in [5.74, 6) is -0.461. The molecule has 164 valence electrons. The Morgan fingerprint density at radius 1 is 1.10 bits per heavy atom. The van der Waals surface area contributed by atoms with Gasteiger partial charge in [0.1, 0.15) is 17.9 Å². The molecule has 0 spiro atoms. The molecule has 0 aliphatic carbocycles. The summed E-state index contributed by atoms with van der Waals surface area (Å²) in [6.07, 6.45) is -4.72. The van der Waals surface area contributed by atoms with Gasteiger partial charge in [0.05, 0.1) is 5.39 Å². The van der Waals surface area contributed by atoms with Gasteiger partial charge in [0.25, 0.3) is 5.56 Å². The largest absolute Gasteiger partial charge is 0.433 e. The molecular weight excluding hydrogens is 413 g/mol. The zero-order valence-electron chi connectivity index (χ0n) is 17.2. The topological polar surface area (TPSA) is 77.2 Å². The molecule has 31 heavy (non-hydrogen) atoms. The monoisotopic (exact) mass is 434 g/mol. The number of carbonyl (C=O) groups excluding carboxylic acids is 1. The molecule has 0 atom stereocenters. The maximum Gasteiger partial charge on any atom is 0.433 e. The molecule has 1 aromatic carbocycles. The van der Waals surface area contributed by atoms with Crippen molar-refractivity contribution in [3.63, 3.8) is 0 Å². The number of rotatable bonds is 5. The zero-order valence-corrected chi connectivity index (χ0v) is 17.2. The molecule has 0 aliphatic heterocycles. The number of amides is 1. The number of carbonyl (C=O) groups is 1. The fourth-order valence-corrected chi connectivity index (χ4v) is 3.24. The number of aromatic nitrogens is 3. The predicted octanol–water partition coefficient (Wildman–Crippen LogP) is 2.55. The van der Waals surface area contributed by atoms with Gasteiger partial charge in [-0.1, -0.05) is 30.3 Å². The molecular formula is C21H21F3N4O3. The summed E-state index contributed by atoms with van der Waals surface area (Å²) in [6, 6.07) is 10.7. The van der Waals surface area contributed by atoms with Gasteiger partial charge in [0.2, 0.25) is 5.91 Å². The molecule has 3 rings (SSSR count). The van der Waals surface area contributed by atoms with E-state index in [1.165, 1.54) is 11.9 Å². The van der Waals surface area contributed by atoms with Crippen molar-refractivity contribution in [2.45, 2.75) is 39.2 Å². The normalized spacial score (nSPS) is 11.8. The number of benzene rings is 1. The van der Waals surface area contributed by atoms with Crippen LogP contribution in [0, 0.1) is 0 Å². The van der Waals surface area contributed by atoms with Crippen LogP contribution >= 0.6 is 0 Å². The SMILES string of the molecule is CC(C)N(Cc1ccccc1)C(=O)Cn1c(=O)c2ccc(C(F)(F)F)nc2n(C)c1=O. The van der Waals surface area contributed by atoms with E-state index in [1.54, 1.807) is 0 Å². The fraction of sp³-hybridized carbons (Fsp3) is 0.333. The second kappa shape index (κ2) is 8.37. The van der Waals surface area contributed by atoms with Crippen molar-refractivity contribution in [3.05, 3.63) is 74.6 Å². The Balaban J connectivity index is 2.01. The molecule has 0 bridgehead atoms. The van der Waals surface area contributed by atoms with Crippen LogP contribution in [0.2, 0.25) is 0 Å². The molecule has 2 aromatic heterocycles. The lowest BCUT2D eigenvalue weighted by Gasteiger charge is -2.27. The molecule has 10 heteroatoms. The lowest BCUT2D eigenvalue weighted by atomic mass is 10.2. The van der Waals surface area contributed by atoms with Crippen LogP contribution in [0.3, 0.4) is 0 Å². The molecule has 0 radical (unpaired) electrons. The molecule has 7 nitrogen and oxygen atoms in total. The highest BCUT2D eigenvalue weighted by Crippen LogP contribution is 2.28. The molecule has 0 N–H and O–H groups in total. The second-order valence-electron chi connectivity index (χ2n) is 7.40. The van der Waals surface area contributed by atoms with Crippen LogP contribution in [0.4, 0.5) is 13.2 Å². The van der Waals surface area contributed by atoms with Crippen LogP contribution < -0.4 is 11.2 Å². The first kappa shape index (κ1) is 22.3. The molecule has 0 saturated carbocycles. The lowest BCUT2D eigenvalue weighted by Crippen LogP contribution is -2.46. The third-order valence-corrected chi connectivity index (χ3v) is 4.91. The molecule has 0 saturated heterocycles. The third-order valence-electron chi connectivity index (χ3n) is 4.91. The highest BCUT2D eigenvalue weighted by Gasteiger charge is 2.33. The van der Waals surface area contributed by atoms with Gasteiger partial charge >= 0.3 is 11.9 Å². The molecule has 0 unspecified atom stereocenters. The van der Waals surface area contributed by atoms with E-state index < -0.39 is 41.2 Å². The standard InChI is InChI=1S/C21H21F3N4O3/c1-13(2)27(11-14-7-5-4-6-8-14)17(29)12-28-19(30)15-9-10-16(21(22,23)24)25-18(15)26(3)20(28)31/h4-10,13H,11-12H2,1-3H3. The van der Waals surface area contributed by atoms with Gasteiger partial charge in [-0.3, -0.25) is 18.7 Å². The Kier molecular flexibility index (Phi) is 6.01. The van der Waals surface area contributed by atoms with E-state index in [4.69, 9.17) is 0 Å². The average Bonchev–Trinajstić information content (AvgIpc) is 2.72. The molecule has 2 heterocycles. The summed E-state index contributed by atoms with van der Waals surface area (Å²) >= 11 is 0. The molecule has 0 aliphatic rings. The Morgan fingerprint density at radius 2 is 1.74 bits per heavy atom. The van der Waals surface area contributed by atoms with Crippen LogP contribution in [-0.2, 0) is 31.1 Å². The summed E-state index contributed by atoms with van der Waals surface area (Å²) in [4.78, 5) is 43.4. The van der Waals surface area contributed by atoms with Gasteiger partial charge in [0.15, 0.2) is 0 Å². The first-order valence-corrected chi connectivity index (χ1v) is 9.52. The third kappa shape index (κ3) is 4.52. The minimum atomic E-state index is -4.72. The number of aryl methyl sites for hydroxylation is 1. The minimum Gasteiger partial charge on any atom is -0.334 e. The maximum absolute atomic E-state index is 13.0. The van der Waals surface area contributed by atoms with Crippen molar-refractivity contribution in [1.82, 2.24) is 19.0 Å². The first-order chi connectivity index (χ1) is 14.5. The quantitative estimate of drug-likeness (QED) is 0.619. The first-order valence-electron chi connectivity index (χ1n) is 9.52. The van der Waals surface area contributed by atoms with Gasteiger partial charge in [-0.25, -0.2) is 9.78 Å². The number of hydrogen-bond donors (Lipinski definition) is 0. The van der Waals surface area contributed by atoms with Crippen molar-refractivity contribution in [2.24, 2.45) is 7.05 Å². The zero-order chi connectivity index (χ0) is 22.9. The van der Waals surface area contributed by atoms with E-state index in [0.29, 0.717) is 6.07 Å². The summed E-state index contributed by atoms with van der Waals surface area (Å²) in [7, 11) is 1.21. The number of pyridine rings is 1. The fourth-order valence-electron chi connectivity index (χ4n) is 3.24. The Bertz CT molecular complexity index is 1230. The number of halogens is 3.